The first kappa shape index (κ1) is 25.9. The third kappa shape index (κ3) is 8.59. The van der Waals surface area contributed by atoms with Gasteiger partial charge in [-0.2, -0.15) is 0 Å². The van der Waals surface area contributed by atoms with E-state index in [0.29, 0.717) is 5.76 Å². The van der Waals surface area contributed by atoms with Crippen LogP contribution in [0.15, 0.2) is 34.9 Å². The first-order valence-corrected chi connectivity index (χ1v) is 10.8. The van der Waals surface area contributed by atoms with Gasteiger partial charge in [0.2, 0.25) is 11.8 Å². The summed E-state index contributed by atoms with van der Waals surface area (Å²) in [7, 11) is 0. The standard InChI is InChI=1S/C24H30FN3O5/c1-15-12-19(28-33-15)21(30)13-16(14-22(31)27-24(2,3)4)23(32)26-11-7-10-20(29)17-8-5-6-9-18(17)25/h5-6,8-9,12,16H,7,10-11,13-14H2,1-4H3,(H,26,32)(H,27,31)/t16-/m0/s1. The van der Waals surface area contributed by atoms with Gasteiger partial charge < -0.3 is 15.2 Å². The highest BCUT2D eigenvalue weighted by Crippen LogP contribution is 2.16. The quantitative estimate of drug-likeness (QED) is 0.393. The van der Waals surface area contributed by atoms with Gasteiger partial charge in [-0.1, -0.05) is 17.3 Å². The van der Waals surface area contributed by atoms with E-state index in [1.807, 2.05) is 20.8 Å². The molecule has 0 saturated heterocycles. The second-order valence-corrected chi connectivity index (χ2v) is 8.95. The number of benzene rings is 1. The molecular weight excluding hydrogens is 429 g/mol. The van der Waals surface area contributed by atoms with Crippen LogP contribution in [-0.2, 0) is 9.59 Å². The molecule has 2 aromatic rings. The maximum absolute atomic E-state index is 13.7. The highest BCUT2D eigenvalue weighted by molar-refractivity contribution is 5.98. The van der Waals surface area contributed by atoms with Crippen molar-refractivity contribution >= 4 is 23.4 Å². The van der Waals surface area contributed by atoms with Gasteiger partial charge >= 0.3 is 0 Å². The molecule has 8 nitrogen and oxygen atoms in total. The van der Waals surface area contributed by atoms with Crippen molar-refractivity contribution in [3.8, 4) is 0 Å². The molecule has 0 aliphatic rings. The summed E-state index contributed by atoms with van der Waals surface area (Å²) in [6.07, 6.45) is -0.0624. The molecule has 9 heteroatoms. The molecule has 2 amide bonds. The third-order valence-corrected chi connectivity index (χ3v) is 4.72. The summed E-state index contributed by atoms with van der Waals surface area (Å²) in [6.45, 7) is 7.24. The van der Waals surface area contributed by atoms with Gasteiger partial charge in [0.15, 0.2) is 11.6 Å². The molecule has 0 aliphatic carbocycles. The van der Waals surface area contributed by atoms with Crippen LogP contribution in [0.3, 0.4) is 0 Å². The maximum atomic E-state index is 13.7. The molecule has 0 bridgehead atoms. The van der Waals surface area contributed by atoms with Crippen LogP contribution in [0.25, 0.3) is 0 Å². The van der Waals surface area contributed by atoms with Crippen molar-refractivity contribution in [1.29, 1.82) is 0 Å². The average molecular weight is 460 g/mol. The number of ketones is 2. The maximum Gasteiger partial charge on any atom is 0.224 e. The van der Waals surface area contributed by atoms with Crippen LogP contribution in [0.2, 0.25) is 0 Å². The number of halogens is 1. The van der Waals surface area contributed by atoms with Crippen molar-refractivity contribution in [2.75, 3.05) is 6.54 Å². The molecule has 1 atom stereocenters. The topological polar surface area (TPSA) is 118 Å². The molecule has 0 spiro atoms. The van der Waals surface area contributed by atoms with Gasteiger partial charge in [0, 0.05) is 37.4 Å². The van der Waals surface area contributed by atoms with Gasteiger partial charge in [0.1, 0.15) is 17.3 Å². The van der Waals surface area contributed by atoms with Gasteiger partial charge in [0.05, 0.1) is 11.5 Å². The van der Waals surface area contributed by atoms with Crippen LogP contribution in [0.1, 0.15) is 73.1 Å². The summed E-state index contributed by atoms with van der Waals surface area (Å²) in [4.78, 5) is 49.8. The molecule has 0 unspecified atom stereocenters. The number of rotatable bonds is 11. The van der Waals surface area contributed by atoms with Crippen molar-refractivity contribution in [2.24, 2.45) is 5.92 Å². The van der Waals surface area contributed by atoms with Crippen molar-refractivity contribution in [1.82, 2.24) is 15.8 Å². The van der Waals surface area contributed by atoms with Crippen LogP contribution < -0.4 is 10.6 Å². The second-order valence-electron chi connectivity index (χ2n) is 8.95. The second kappa shape index (κ2) is 11.5. The number of amides is 2. The lowest BCUT2D eigenvalue weighted by Crippen LogP contribution is -2.43. The Labute approximate surface area is 192 Å². The number of nitrogens with zero attached hydrogens (tertiary/aromatic N) is 1. The highest BCUT2D eigenvalue weighted by atomic mass is 19.1. The molecule has 0 saturated carbocycles. The fourth-order valence-corrected chi connectivity index (χ4v) is 3.20. The predicted molar refractivity (Wildman–Crippen MR) is 119 cm³/mol. The monoisotopic (exact) mass is 459 g/mol. The van der Waals surface area contributed by atoms with E-state index in [2.05, 4.69) is 15.8 Å². The van der Waals surface area contributed by atoms with E-state index in [1.54, 1.807) is 13.0 Å². The summed E-state index contributed by atoms with van der Waals surface area (Å²) < 4.78 is 18.6. The summed E-state index contributed by atoms with van der Waals surface area (Å²) in [5, 5.41) is 9.13. The first-order chi connectivity index (χ1) is 15.5. The average Bonchev–Trinajstić information content (AvgIpc) is 3.15. The Morgan fingerprint density at radius 1 is 1.09 bits per heavy atom. The van der Waals surface area contributed by atoms with Crippen LogP contribution in [0, 0.1) is 18.7 Å². The molecule has 178 valence electrons. The normalized spacial score (nSPS) is 12.2. The van der Waals surface area contributed by atoms with Crippen molar-refractivity contribution in [3.05, 3.63) is 53.2 Å². The summed E-state index contributed by atoms with van der Waals surface area (Å²) in [6, 6.07) is 7.19. The SMILES string of the molecule is Cc1cc(C(=O)C[C@@H](CC(=O)NC(C)(C)C)C(=O)NCCCC(=O)c2ccccc2F)no1. The lowest BCUT2D eigenvalue weighted by atomic mass is 9.95. The lowest BCUT2D eigenvalue weighted by molar-refractivity contribution is -0.130. The minimum absolute atomic E-state index is 0.00839. The molecule has 0 radical (unpaired) electrons. The molecule has 0 aliphatic heterocycles. The molecule has 1 heterocycles. The van der Waals surface area contributed by atoms with Crippen molar-refractivity contribution in [2.45, 2.75) is 58.9 Å². The zero-order valence-corrected chi connectivity index (χ0v) is 19.4. The Hall–Kier alpha value is -3.36. The predicted octanol–water partition coefficient (Wildman–Crippen LogP) is 3.40. The van der Waals surface area contributed by atoms with Crippen LogP contribution >= 0.6 is 0 Å². The van der Waals surface area contributed by atoms with E-state index in [-0.39, 0.29) is 55.2 Å². The van der Waals surface area contributed by atoms with Gasteiger partial charge in [-0.15, -0.1) is 0 Å². The molecule has 1 aromatic carbocycles. The molecule has 2 rings (SSSR count). The zero-order valence-electron chi connectivity index (χ0n) is 19.4. The fraction of sp³-hybridized carbons (Fsp3) is 0.458. The minimum atomic E-state index is -0.917. The Morgan fingerprint density at radius 2 is 1.79 bits per heavy atom. The number of carbonyl (C=O) groups is 4. The fourth-order valence-electron chi connectivity index (χ4n) is 3.20. The Kier molecular flexibility index (Phi) is 9.02. The van der Waals surface area contributed by atoms with E-state index in [0.717, 1.165) is 0 Å². The number of nitrogens with one attached hydrogen (secondary N) is 2. The van der Waals surface area contributed by atoms with Crippen LogP contribution in [0.4, 0.5) is 4.39 Å². The number of aromatic nitrogens is 1. The van der Waals surface area contributed by atoms with E-state index in [1.165, 1.54) is 24.3 Å². The highest BCUT2D eigenvalue weighted by Gasteiger charge is 2.28. The molecule has 2 N–H and O–H groups in total. The van der Waals surface area contributed by atoms with Crippen molar-refractivity contribution in [3.63, 3.8) is 0 Å². The van der Waals surface area contributed by atoms with Gasteiger partial charge in [0.25, 0.3) is 0 Å². The van der Waals surface area contributed by atoms with Crippen LogP contribution in [-0.4, -0.2) is 40.6 Å². The molecule has 33 heavy (non-hydrogen) atoms. The summed E-state index contributed by atoms with van der Waals surface area (Å²) >= 11 is 0. The number of carbonyl (C=O) groups excluding carboxylic acids is 4. The molecule has 0 fully saturated rings. The number of hydrogen-bond donors (Lipinski definition) is 2. The van der Waals surface area contributed by atoms with Crippen molar-refractivity contribution < 1.29 is 28.1 Å². The first-order valence-electron chi connectivity index (χ1n) is 10.8. The van der Waals surface area contributed by atoms with Crippen LogP contribution in [0.5, 0.6) is 0 Å². The largest absolute Gasteiger partial charge is 0.361 e. The smallest absolute Gasteiger partial charge is 0.224 e. The Bertz CT molecular complexity index is 1010. The third-order valence-electron chi connectivity index (χ3n) is 4.72. The van der Waals surface area contributed by atoms with Gasteiger partial charge in [-0.3, -0.25) is 19.2 Å². The van der Waals surface area contributed by atoms with E-state index < -0.39 is 29.0 Å². The van der Waals surface area contributed by atoms with E-state index in [4.69, 9.17) is 4.52 Å². The molecular formula is C24H30FN3O5. The summed E-state index contributed by atoms with van der Waals surface area (Å²) in [5.41, 5.74) is -0.385. The Balaban J connectivity index is 1.95. The number of Topliss-reactive ketones (excluding diaryl/α,β-unsaturated/α-hetero) is 2. The molecule has 1 aromatic heterocycles. The van der Waals surface area contributed by atoms with Gasteiger partial charge in [-0.25, -0.2) is 4.39 Å². The minimum Gasteiger partial charge on any atom is -0.361 e. The van der Waals surface area contributed by atoms with E-state index >= 15 is 0 Å². The van der Waals surface area contributed by atoms with Gasteiger partial charge in [-0.05, 0) is 46.2 Å². The number of aryl methyl sites for hydroxylation is 1. The number of hydrogen-bond acceptors (Lipinski definition) is 6. The lowest BCUT2D eigenvalue weighted by Gasteiger charge is -2.22. The zero-order chi connectivity index (χ0) is 24.6. The summed E-state index contributed by atoms with van der Waals surface area (Å²) in [5.74, 6) is -2.65. The Morgan fingerprint density at radius 3 is 2.39 bits per heavy atom. The van der Waals surface area contributed by atoms with E-state index in [9.17, 15) is 23.6 Å².